The van der Waals surface area contributed by atoms with Crippen molar-refractivity contribution in [1.29, 1.82) is 0 Å². The van der Waals surface area contributed by atoms with E-state index in [4.69, 9.17) is 4.74 Å². The van der Waals surface area contributed by atoms with Crippen molar-refractivity contribution in [3.8, 4) is 11.6 Å². The van der Waals surface area contributed by atoms with Gasteiger partial charge in [0.25, 0.3) is 5.91 Å². The number of nitrogens with zero attached hydrogens (tertiary/aromatic N) is 5. The Morgan fingerprint density at radius 3 is 2.59 bits per heavy atom. The van der Waals surface area contributed by atoms with Crippen LogP contribution in [0.15, 0.2) is 42.9 Å². The summed E-state index contributed by atoms with van der Waals surface area (Å²) < 4.78 is 59.0. The van der Waals surface area contributed by atoms with E-state index in [-0.39, 0.29) is 29.7 Å². The molecule has 2 aromatic heterocycles. The Morgan fingerprint density at radius 1 is 1.21 bits per heavy atom. The summed E-state index contributed by atoms with van der Waals surface area (Å²) in [6.45, 7) is 4.06. The van der Waals surface area contributed by atoms with Gasteiger partial charge in [0.05, 0.1) is 24.0 Å². The summed E-state index contributed by atoms with van der Waals surface area (Å²) in [6.07, 6.45) is 0.628. The number of piperidine rings is 1. The van der Waals surface area contributed by atoms with Crippen molar-refractivity contribution in [2.45, 2.75) is 38.9 Å². The smallest absolute Gasteiger partial charge is 0.417 e. The fraction of sp³-hybridized carbons (Fsp3) is 0.391. The van der Waals surface area contributed by atoms with E-state index in [0.717, 1.165) is 25.0 Å². The first-order valence-electron chi connectivity index (χ1n) is 10.8. The summed E-state index contributed by atoms with van der Waals surface area (Å²) >= 11 is 0. The average molecular weight is 477 g/mol. The van der Waals surface area contributed by atoms with E-state index in [1.165, 1.54) is 23.3 Å². The van der Waals surface area contributed by atoms with Crippen molar-refractivity contribution in [2.75, 3.05) is 13.2 Å². The third kappa shape index (κ3) is 4.87. The molecule has 0 aliphatic carbocycles. The Bertz CT molecular complexity index is 1150. The van der Waals surface area contributed by atoms with Gasteiger partial charge in [0.1, 0.15) is 23.7 Å². The maximum atomic E-state index is 15.1. The highest BCUT2D eigenvalue weighted by atomic mass is 19.4. The predicted octanol–water partition coefficient (Wildman–Crippen LogP) is 4.45. The van der Waals surface area contributed by atoms with Crippen LogP contribution >= 0.6 is 0 Å². The van der Waals surface area contributed by atoms with Crippen LogP contribution in [0.2, 0.25) is 0 Å². The number of amides is 1. The highest BCUT2D eigenvalue weighted by Gasteiger charge is 2.36. The highest BCUT2D eigenvalue weighted by Crippen LogP contribution is 2.31. The molecule has 4 rings (SSSR count). The molecule has 1 aliphatic rings. The van der Waals surface area contributed by atoms with Crippen LogP contribution in [-0.2, 0) is 6.18 Å². The number of hydrogen-bond acceptors (Lipinski definition) is 5. The lowest BCUT2D eigenvalue weighted by molar-refractivity contribution is -0.137. The number of aromatic nitrogens is 4. The fourth-order valence-electron chi connectivity index (χ4n) is 4.14. The number of carbonyl (C=O) groups is 1. The Balaban J connectivity index is 1.59. The van der Waals surface area contributed by atoms with Gasteiger partial charge in [-0.15, -0.1) is 0 Å². The maximum Gasteiger partial charge on any atom is 0.417 e. The Hall–Kier alpha value is -3.50. The second-order valence-electron chi connectivity index (χ2n) is 8.34. The van der Waals surface area contributed by atoms with Gasteiger partial charge in [-0.05, 0) is 49.4 Å². The zero-order valence-electron chi connectivity index (χ0n) is 18.6. The van der Waals surface area contributed by atoms with Gasteiger partial charge in [-0.25, -0.2) is 9.37 Å². The number of rotatable bonds is 5. The first-order valence-corrected chi connectivity index (χ1v) is 10.8. The summed E-state index contributed by atoms with van der Waals surface area (Å²) in [5.74, 6) is -1.17. The molecule has 34 heavy (non-hydrogen) atoms. The van der Waals surface area contributed by atoms with Crippen molar-refractivity contribution in [3.63, 3.8) is 0 Å². The van der Waals surface area contributed by atoms with Gasteiger partial charge >= 0.3 is 6.18 Å². The molecule has 3 aromatic rings. The van der Waals surface area contributed by atoms with Gasteiger partial charge in [-0.2, -0.15) is 28.2 Å². The minimum Gasteiger partial charge on any atom is -0.475 e. The standard InChI is InChI=1S/C23H23F4N5O2/c1-14-10-17(24)21(18(11-14)32-29-7-8-30-32)22(33)31-9-3-4-15(2)19(31)13-34-20-6-5-16(12-28-20)23(25,26)27/h5-8,10-12,15,19H,3-4,9,13H2,1-2H3. The first kappa shape index (κ1) is 23.7. The van der Waals surface area contributed by atoms with Gasteiger partial charge in [-0.3, -0.25) is 4.79 Å². The lowest BCUT2D eigenvalue weighted by atomic mass is 9.90. The number of halogens is 4. The van der Waals surface area contributed by atoms with Crippen LogP contribution < -0.4 is 4.74 Å². The van der Waals surface area contributed by atoms with E-state index in [1.54, 1.807) is 17.9 Å². The second-order valence-corrected chi connectivity index (χ2v) is 8.34. The number of carbonyl (C=O) groups excluding carboxylic acids is 1. The molecule has 0 saturated carbocycles. The molecule has 1 saturated heterocycles. The van der Waals surface area contributed by atoms with Gasteiger partial charge in [0.2, 0.25) is 5.88 Å². The van der Waals surface area contributed by atoms with Crippen LogP contribution in [0.4, 0.5) is 17.6 Å². The van der Waals surface area contributed by atoms with Crippen LogP contribution in [0.5, 0.6) is 5.88 Å². The van der Waals surface area contributed by atoms with Crippen LogP contribution in [-0.4, -0.2) is 50.0 Å². The summed E-state index contributed by atoms with van der Waals surface area (Å²) in [5.41, 5.74) is -0.178. The summed E-state index contributed by atoms with van der Waals surface area (Å²) in [4.78, 5) is 20.1. The van der Waals surface area contributed by atoms with E-state index < -0.39 is 29.5 Å². The first-order chi connectivity index (χ1) is 16.1. The third-order valence-electron chi connectivity index (χ3n) is 5.90. The van der Waals surface area contributed by atoms with Crippen molar-refractivity contribution >= 4 is 5.91 Å². The van der Waals surface area contributed by atoms with Crippen LogP contribution in [0.1, 0.15) is 41.3 Å². The van der Waals surface area contributed by atoms with Crippen molar-refractivity contribution < 1.29 is 27.1 Å². The quantitative estimate of drug-likeness (QED) is 0.508. The minimum atomic E-state index is -4.49. The van der Waals surface area contributed by atoms with Crippen molar-refractivity contribution in [1.82, 2.24) is 24.9 Å². The summed E-state index contributed by atoms with van der Waals surface area (Å²) in [6, 6.07) is 4.53. The molecule has 0 spiro atoms. The van der Waals surface area contributed by atoms with E-state index in [9.17, 15) is 18.0 Å². The molecular formula is C23H23F4N5O2. The molecule has 7 nitrogen and oxygen atoms in total. The lowest BCUT2D eigenvalue weighted by Crippen LogP contribution is -2.51. The number of hydrogen-bond donors (Lipinski definition) is 0. The van der Waals surface area contributed by atoms with E-state index >= 15 is 4.39 Å². The Labute approximate surface area is 193 Å². The topological polar surface area (TPSA) is 73.1 Å². The van der Waals surface area contributed by atoms with Gasteiger partial charge in [-0.1, -0.05) is 6.92 Å². The number of pyridine rings is 1. The lowest BCUT2D eigenvalue weighted by Gasteiger charge is -2.40. The zero-order valence-corrected chi connectivity index (χ0v) is 18.6. The van der Waals surface area contributed by atoms with Gasteiger partial charge < -0.3 is 9.64 Å². The van der Waals surface area contributed by atoms with Gasteiger partial charge in [0, 0.05) is 18.8 Å². The maximum absolute atomic E-state index is 15.1. The molecule has 1 aliphatic heterocycles. The van der Waals surface area contributed by atoms with Crippen LogP contribution in [0.3, 0.4) is 0 Å². The summed E-state index contributed by atoms with van der Waals surface area (Å²) in [5, 5.41) is 8.09. The van der Waals surface area contributed by atoms with E-state index in [2.05, 4.69) is 15.2 Å². The number of benzene rings is 1. The monoisotopic (exact) mass is 477 g/mol. The molecule has 2 atom stereocenters. The summed E-state index contributed by atoms with van der Waals surface area (Å²) in [7, 11) is 0. The largest absolute Gasteiger partial charge is 0.475 e. The molecule has 1 fully saturated rings. The second kappa shape index (κ2) is 9.40. The molecule has 11 heteroatoms. The number of alkyl halides is 3. The van der Waals surface area contributed by atoms with E-state index in [0.29, 0.717) is 18.3 Å². The predicted molar refractivity (Wildman–Crippen MR) is 114 cm³/mol. The Morgan fingerprint density at radius 2 is 1.94 bits per heavy atom. The van der Waals surface area contributed by atoms with Crippen LogP contribution in [0.25, 0.3) is 5.69 Å². The number of ether oxygens (including phenoxy) is 1. The molecule has 0 N–H and O–H groups in total. The van der Waals surface area contributed by atoms with Gasteiger partial charge in [0.15, 0.2) is 0 Å². The molecule has 1 aromatic carbocycles. The molecule has 1 amide bonds. The van der Waals surface area contributed by atoms with E-state index in [1.807, 2.05) is 6.92 Å². The average Bonchev–Trinajstić information content (AvgIpc) is 3.32. The Kier molecular flexibility index (Phi) is 6.54. The zero-order chi connectivity index (χ0) is 24.5. The fourth-order valence-corrected chi connectivity index (χ4v) is 4.14. The number of aryl methyl sites for hydroxylation is 1. The highest BCUT2D eigenvalue weighted by molar-refractivity contribution is 5.98. The molecule has 0 bridgehead atoms. The molecular weight excluding hydrogens is 454 g/mol. The van der Waals surface area contributed by atoms with Crippen LogP contribution in [0, 0.1) is 18.7 Å². The minimum absolute atomic E-state index is 0.00804. The van der Waals surface area contributed by atoms with Crippen molar-refractivity contribution in [2.24, 2.45) is 5.92 Å². The number of likely N-dealkylation sites (tertiary alicyclic amines) is 1. The normalized spacial score (nSPS) is 18.7. The molecule has 2 unspecified atom stereocenters. The molecule has 0 radical (unpaired) electrons. The third-order valence-corrected chi connectivity index (χ3v) is 5.90. The van der Waals surface area contributed by atoms with Crippen molar-refractivity contribution in [3.05, 3.63) is 65.4 Å². The molecule has 3 heterocycles. The SMILES string of the molecule is Cc1cc(F)c(C(=O)N2CCCC(C)C2COc2ccc(C(F)(F)F)cn2)c(-n2nccn2)c1. The molecule has 180 valence electrons.